The normalized spacial score (nSPS) is 22.2. The molecule has 23 heavy (non-hydrogen) atoms. The molecule has 0 aliphatic carbocycles. The summed E-state index contributed by atoms with van der Waals surface area (Å²) in [6, 6.07) is 5.43. The summed E-state index contributed by atoms with van der Waals surface area (Å²) in [4.78, 5) is 10.9. The Kier molecular flexibility index (Phi) is 4.90. The Morgan fingerprint density at radius 1 is 1.39 bits per heavy atom. The van der Waals surface area contributed by atoms with Crippen LogP contribution in [0.1, 0.15) is 6.42 Å². The van der Waals surface area contributed by atoms with Crippen molar-refractivity contribution in [1.29, 1.82) is 0 Å². The highest BCUT2D eigenvalue weighted by molar-refractivity contribution is 5.76. The molecule has 0 spiro atoms. The largest absolute Gasteiger partial charge is 0.497 e. The number of nitrogens with two attached hydrogens (primary N) is 1. The van der Waals surface area contributed by atoms with Gasteiger partial charge >= 0.3 is 0 Å². The molecule has 1 aliphatic rings. The summed E-state index contributed by atoms with van der Waals surface area (Å²) in [5, 5.41) is 9.79. The van der Waals surface area contributed by atoms with E-state index in [2.05, 4.69) is 14.9 Å². The average Bonchev–Trinajstić information content (AvgIpc) is 2.57. The van der Waals surface area contributed by atoms with Crippen LogP contribution in [0, 0.1) is 0 Å². The number of likely N-dealkylation sites (tertiary alicyclic amines) is 1. The van der Waals surface area contributed by atoms with Crippen molar-refractivity contribution in [2.45, 2.75) is 18.6 Å². The van der Waals surface area contributed by atoms with Crippen molar-refractivity contribution >= 4 is 11.0 Å². The summed E-state index contributed by atoms with van der Waals surface area (Å²) in [5.41, 5.74) is 7.33. The fourth-order valence-electron chi connectivity index (χ4n) is 2.67. The van der Waals surface area contributed by atoms with Gasteiger partial charge in [0.05, 0.1) is 30.4 Å². The van der Waals surface area contributed by atoms with E-state index >= 15 is 0 Å². The molecule has 1 aromatic heterocycles. The lowest BCUT2D eigenvalue weighted by atomic mass is 10.0. The van der Waals surface area contributed by atoms with E-state index in [1.54, 1.807) is 13.3 Å². The predicted octanol–water partition coefficient (Wildman–Crippen LogP) is 0.411. The van der Waals surface area contributed by atoms with Crippen LogP contribution in [0.2, 0.25) is 0 Å². The molecule has 124 valence electrons. The van der Waals surface area contributed by atoms with Crippen LogP contribution in [0.25, 0.3) is 11.0 Å². The minimum atomic E-state index is -0.461. The number of rotatable bonds is 5. The third-order valence-electron chi connectivity index (χ3n) is 4.10. The second-order valence-corrected chi connectivity index (χ2v) is 5.73. The van der Waals surface area contributed by atoms with E-state index in [-0.39, 0.29) is 6.04 Å². The molecule has 2 aromatic rings. The van der Waals surface area contributed by atoms with Crippen LogP contribution in [-0.4, -0.2) is 65.5 Å². The van der Waals surface area contributed by atoms with Crippen LogP contribution < -0.4 is 15.2 Å². The minimum Gasteiger partial charge on any atom is -0.497 e. The number of hydrogen-bond acceptors (Lipinski definition) is 7. The number of nitrogens with zero attached hydrogens (tertiary/aromatic N) is 3. The average molecular weight is 318 g/mol. The molecular weight excluding hydrogens is 296 g/mol. The maximum absolute atomic E-state index is 9.79. The number of methoxy groups -OCH3 is 1. The van der Waals surface area contributed by atoms with Gasteiger partial charge in [-0.05, 0) is 25.1 Å². The molecule has 3 rings (SSSR count). The monoisotopic (exact) mass is 318 g/mol. The molecule has 7 heteroatoms. The van der Waals surface area contributed by atoms with Gasteiger partial charge in [0.15, 0.2) is 0 Å². The summed E-state index contributed by atoms with van der Waals surface area (Å²) in [6.45, 7) is 2.68. The Morgan fingerprint density at radius 3 is 3.04 bits per heavy atom. The zero-order valence-corrected chi connectivity index (χ0v) is 13.2. The zero-order chi connectivity index (χ0) is 16.2. The summed E-state index contributed by atoms with van der Waals surface area (Å²) in [7, 11) is 1.62. The van der Waals surface area contributed by atoms with Crippen LogP contribution in [0.5, 0.6) is 11.6 Å². The summed E-state index contributed by atoms with van der Waals surface area (Å²) in [6.07, 6.45) is 1.96. The summed E-state index contributed by atoms with van der Waals surface area (Å²) in [5.74, 6) is 1.22. The lowest BCUT2D eigenvalue weighted by molar-refractivity contribution is 0.0471. The van der Waals surface area contributed by atoms with Gasteiger partial charge in [0.1, 0.15) is 12.4 Å². The molecule has 2 atom stereocenters. The van der Waals surface area contributed by atoms with E-state index in [1.807, 2.05) is 18.2 Å². The second kappa shape index (κ2) is 7.08. The smallest absolute Gasteiger partial charge is 0.232 e. The van der Waals surface area contributed by atoms with E-state index in [0.29, 0.717) is 19.0 Å². The van der Waals surface area contributed by atoms with Gasteiger partial charge in [0, 0.05) is 25.2 Å². The van der Waals surface area contributed by atoms with Crippen LogP contribution in [-0.2, 0) is 0 Å². The SMILES string of the molecule is COc1ccc2ncc(OCCN3CCC(N)C(O)C3)nc2c1. The first-order valence-corrected chi connectivity index (χ1v) is 7.75. The first-order valence-electron chi connectivity index (χ1n) is 7.75. The van der Waals surface area contributed by atoms with E-state index in [9.17, 15) is 5.11 Å². The Bertz CT molecular complexity index is 667. The molecule has 0 saturated carbocycles. The highest BCUT2D eigenvalue weighted by Gasteiger charge is 2.24. The van der Waals surface area contributed by atoms with Crippen molar-refractivity contribution in [1.82, 2.24) is 14.9 Å². The molecule has 1 aromatic carbocycles. The second-order valence-electron chi connectivity index (χ2n) is 5.73. The van der Waals surface area contributed by atoms with Crippen molar-refractivity contribution in [3.05, 3.63) is 24.4 Å². The third kappa shape index (κ3) is 3.87. The highest BCUT2D eigenvalue weighted by Crippen LogP contribution is 2.19. The molecule has 1 saturated heterocycles. The number of aromatic nitrogens is 2. The lowest BCUT2D eigenvalue weighted by Gasteiger charge is -2.33. The fourth-order valence-corrected chi connectivity index (χ4v) is 2.67. The molecule has 0 amide bonds. The van der Waals surface area contributed by atoms with E-state index in [0.717, 1.165) is 36.3 Å². The van der Waals surface area contributed by atoms with Gasteiger partial charge in [-0.15, -0.1) is 0 Å². The molecule has 7 nitrogen and oxygen atoms in total. The molecule has 2 unspecified atom stereocenters. The third-order valence-corrected chi connectivity index (χ3v) is 4.10. The van der Waals surface area contributed by atoms with Gasteiger partial charge in [0.25, 0.3) is 0 Å². The summed E-state index contributed by atoms with van der Waals surface area (Å²) >= 11 is 0. The predicted molar refractivity (Wildman–Crippen MR) is 86.6 cm³/mol. The van der Waals surface area contributed by atoms with Crippen molar-refractivity contribution < 1.29 is 14.6 Å². The number of ether oxygens (including phenoxy) is 2. The molecule has 3 N–H and O–H groups in total. The topological polar surface area (TPSA) is 93.7 Å². The van der Waals surface area contributed by atoms with Gasteiger partial charge in [0.2, 0.25) is 5.88 Å². The Labute approximate surface area is 135 Å². The number of benzene rings is 1. The number of aliphatic hydroxyl groups excluding tert-OH is 1. The van der Waals surface area contributed by atoms with Gasteiger partial charge in [-0.25, -0.2) is 9.97 Å². The maximum Gasteiger partial charge on any atom is 0.232 e. The van der Waals surface area contributed by atoms with E-state index in [1.165, 1.54) is 0 Å². The van der Waals surface area contributed by atoms with Crippen LogP contribution in [0.15, 0.2) is 24.4 Å². The van der Waals surface area contributed by atoms with Gasteiger partial charge in [-0.1, -0.05) is 0 Å². The summed E-state index contributed by atoms with van der Waals surface area (Å²) < 4.78 is 10.9. The van der Waals surface area contributed by atoms with Crippen molar-refractivity contribution in [2.24, 2.45) is 5.73 Å². The van der Waals surface area contributed by atoms with Gasteiger partial charge < -0.3 is 20.3 Å². The molecule has 0 bridgehead atoms. The van der Waals surface area contributed by atoms with E-state index < -0.39 is 6.10 Å². The maximum atomic E-state index is 9.79. The van der Waals surface area contributed by atoms with Crippen LogP contribution in [0.3, 0.4) is 0 Å². The first-order chi connectivity index (χ1) is 11.2. The Morgan fingerprint density at radius 2 is 2.26 bits per heavy atom. The molecule has 1 fully saturated rings. The molecule has 0 radical (unpaired) electrons. The number of β-amino-alcohol motifs (C(OH)–C–C–N with tert-alkyl or cyclic N) is 1. The number of piperidine rings is 1. The highest BCUT2D eigenvalue weighted by atomic mass is 16.5. The lowest BCUT2D eigenvalue weighted by Crippen LogP contribution is -2.51. The Hall–Kier alpha value is -1.96. The number of fused-ring (bicyclic) bond motifs is 1. The first kappa shape index (κ1) is 15.9. The standard InChI is InChI=1S/C16H22N4O3/c1-22-11-2-3-13-14(8-11)19-16(9-18-13)23-7-6-20-5-4-12(17)15(21)10-20/h2-3,8-9,12,15,21H,4-7,10,17H2,1H3. The van der Waals surface area contributed by atoms with Crippen molar-refractivity contribution in [3.8, 4) is 11.6 Å². The van der Waals surface area contributed by atoms with Gasteiger partial charge in [-0.2, -0.15) is 0 Å². The Balaban J connectivity index is 1.57. The fraction of sp³-hybridized carbons (Fsp3) is 0.500. The van der Waals surface area contributed by atoms with E-state index in [4.69, 9.17) is 15.2 Å². The van der Waals surface area contributed by atoms with Gasteiger partial charge in [-0.3, -0.25) is 4.90 Å². The quantitative estimate of drug-likeness (QED) is 0.824. The van der Waals surface area contributed by atoms with Crippen LogP contribution in [0.4, 0.5) is 0 Å². The number of aliphatic hydroxyl groups is 1. The zero-order valence-electron chi connectivity index (χ0n) is 13.2. The molecular formula is C16H22N4O3. The molecule has 1 aliphatic heterocycles. The van der Waals surface area contributed by atoms with Crippen molar-refractivity contribution in [3.63, 3.8) is 0 Å². The van der Waals surface area contributed by atoms with Crippen LogP contribution >= 0.6 is 0 Å². The van der Waals surface area contributed by atoms with Crippen molar-refractivity contribution in [2.75, 3.05) is 33.4 Å². The molecule has 2 heterocycles. The minimum absolute atomic E-state index is 0.117. The number of hydrogen-bond donors (Lipinski definition) is 2.